The van der Waals surface area contributed by atoms with Gasteiger partial charge in [-0.25, -0.2) is 13.1 Å². The molecule has 3 N–H and O–H groups in total. The fraction of sp³-hybridized carbons (Fsp3) is 0.615. The highest BCUT2D eigenvalue weighted by Gasteiger charge is 2.26. The third-order valence-corrected chi connectivity index (χ3v) is 6.99. The van der Waals surface area contributed by atoms with Crippen LogP contribution in [0.3, 0.4) is 0 Å². The maximum absolute atomic E-state index is 12.1. The molecule has 132 valence electrons. The number of likely N-dealkylation sites (tertiary alicyclic amines) is 1. The summed E-state index contributed by atoms with van der Waals surface area (Å²) in [5.41, 5.74) is 5.87. The van der Waals surface area contributed by atoms with E-state index in [0.717, 1.165) is 24.2 Å². The number of carbonyl (C=O) groups excluding carboxylic acids is 1. The Hall–Kier alpha value is -0.380. The van der Waals surface area contributed by atoms with Crippen molar-refractivity contribution in [1.29, 1.82) is 0 Å². The molecular formula is C13H21Cl2N3O3S2. The van der Waals surface area contributed by atoms with Gasteiger partial charge in [0, 0.05) is 19.1 Å². The maximum Gasteiger partial charge on any atom is 0.250 e. The van der Waals surface area contributed by atoms with Gasteiger partial charge in [-0.3, -0.25) is 4.79 Å². The fourth-order valence-corrected chi connectivity index (χ4v) is 4.96. The minimum atomic E-state index is -3.68. The molecule has 1 saturated heterocycles. The first-order valence-corrected chi connectivity index (χ1v) is 9.75. The van der Waals surface area contributed by atoms with Crippen molar-refractivity contribution in [3.63, 3.8) is 0 Å². The number of rotatable bonds is 5. The van der Waals surface area contributed by atoms with E-state index in [0.29, 0.717) is 23.3 Å². The minimum Gasteiger partial charge on any atom is -0.342 e. The average molecular weight is 402 g/mol. The number of halogens is 2. The standard InChI is InChI=1S/C13H20ClN3O3S2.ClH/c1-9(15)10-4-6-17(7-5-10)12(18)8-16-22(19,20)13-3-2-11(14)21-13;/h2-3,9-10,16H,4-8,15H2,1H3;1H. The van der Waals surface area contributed by atoms with Gasteiger partial charge in [-0.05, 0) is 37.8 Å². The van der Waals surface area contributed by atoms with Gasteiger partial charge < -0.3 is 10.6 Å². The summed E-state index contributed by atoms with van der Waals surface area (Å²) in [5, 5.41) is 0. The summed E-state index contributed by atoms with van der Waals surface area (Å²) in [6.45, 7) is 2.98. The number of hydrogen-bond donors (Lipinski definition) is 2. The molecule has 0 bridgehead atoms. The lowest BCUT2D eigenvalue weighted by Gasteiger charge is -2.33. The van der Waals surface area contributed by atoms with Crippen molar-refractivity contribution in [3.05, 3.63) is 16.5 Å². The molecule has 0 spiro atoms. The van der Waals surface area contributed by atoms with E-state index in [4.69, 9.17) is 17.3 Å². The van der Waals surface area contributed by atoms with Crippen LogP contribution >= 0.6 is 35.3 Å². The van der Waals surface area contributed by atoms with Gasteiger partial charge in [0.2, 0.25) is 5.91 Å². The molecule has 0 aliphatic carbocycles. The van der Waals surface area contributed by atoms with Gasteiger partial charge >= 0.3 is 0 Å². The van der Waals surface area contributed by atoms with Crippen LogP contribution in [0.2, 0.25) is 4.34 Å². The third-order valence-electron chi connectivity index (χ3n) is 3.86. The number of hydrogen-bond acceptors (Lipinski definition) is 5. The molecule has 1 amide bonds. The Bertz CT molecular complexity index is 626. The Balaban J connectivity index is 0.00000264. The molecule has 0 saturated carbocycles. The number of nitrogens with zero attached hydrogens (tertiary/aromatic N) is 1. The van der Waals surface area contributed by atoms with Crippen molar-refractivity contribution < 1.29 is 13.2 Å². The van der Waals surface area contributed by atoms with Gasteiger partial charge in [0.25, 0.3) is 10.0 Å². The van der Waals surface area contributed by atoms with Crippen LogP contribution in [-0.2, 0) is 14.8 Å². The first kappa shape index (κ1) is 20.7. The summed E-state index contributed by atoms with van der Waals surface area (Å²) >= 11 is 6.69. The highest BCUT2D eigenvalue weighted by atomic mass is 35.5. The number of thiophene rings is 1. The number of amides is 1. The molecule has 1 aliphatic heterocycles. The summed E-state index contributed by atoms with van der Waals surface area (Å²) in [5.74, 6) is 0.211. The largest absolute Gasteiger partial charge is 0.342 e. The molecule has 1 aromatic heterocycles. The summed E-state index contributed by atoms with van der Waals surface area (Å²) in [6, 6.07) is 3.06. The quantitative estimate of drug-likeness (QED) is 0.784. The van der Waals surface area contributed by atoms with Gasteiger partial charge in [0.15, 0.2) is 0 Å². The van der Waals surface area contributed by atoms with Gasteiger partial charge in [0.05, 0.1) is 10.9 Å². The van der Waals surface area contributed by atoms with Crippen LogP contribution in [0.5, 0.6) is 0 Å². The highest BCUT2D eigenvalue weighted by Crippen LogP contribution is 2.25. The molecule has 2 heterocycles. The Labute approximate surface area is 151 Å². The van der Waals surface area contributed by atoms with Crippen molar-refractivity contribution in [2.24, 2.45) is 11.7 Å². The summed E-state index contributed by atoms with van der Waals surface area (Å²) in [4.78, 5) is 13.8. The van der Waals surface area contributed by atoms with Gasteiger partial charge in [-0.1, -0.05) is 11.6 Å². The van der Waals surface area contributed by atoms with Gasteiger partial charge in [-0.2, -0.15) is 0 Å². The van der Waals surface area contributed by atoms with Crippen LogP contribution in [-0.4, -0.2) is 44.9 Å². The van der Waals surface area contributed by atoms with Crippen LogP contribution in [0, 0.1) is 5.92 Å². The highest BCUT2D eigenvalue weighted by molar-refractivity contribution is 7.91. The third kappa shape index (κ3) is 5.58. The smallest absolute Gasteiger partial charge is 0.250 e. The average Bonchev–Trinajstić information content (AvgIpc) is 2.92. The van der Waals surface area contributed by atoms with Crippen molar-refractivity contribution in [3.8, 4) is 0 Å². The van der Waals surface area contributed by atoms with Gasteiger partial charge in [0.1, 0.15) is 4.21 Å². The van der Waals surface area contributed by atoms with Crippen LogP contribution in [0.25, 0.3) is 0 Å². The van der Waals surface area contributed by atoms with Crippen molar-refractivity contribution in [2.75, 3.05) is 19.6 Å². The predicted molar refractivity (Wildman–Crippen MR) is 94.7 cm³/mol. The molecule has 1 aliphatic rings. The van der Waals surface area contributed by atoms with Crippen LogP contribution in [0.15, 0.2) is 16.3 Å². The first-order chi connectivity index (χ1) is 10.3. The Morgan fingerprint density at radius 2 is 2.09 bits per heavy atom. The Morgan fingerprint density at radius 1 is 1.48 bits per heavy atom. The predicted octanol–water partition coefficient (Wildman–Crippen LogP) is 1.69. The molecule has 2 rings (SSSR count). The van der Waals surface area contributed by atoms with E-state index in [1.54, 1.807) is 4.90 Å². The van der Waals surface area contributed by atoms with E-state index in [9.17, 15) is 13.2 Å². The second-order valence-electron chi connectivity index (χ2n) is 5.46. The zero-order valence-electron chi connectivity index (χ0n) is 12.7. The zero-order valence-corrected chi connectivity index (χ0v) is 15.9. The van der Waals surface area contributed by atoms with Crippen molar-refractivity contribution in [2.45, 2.75) is 30.0 Å². The molecular weight excluding hydrogens is 381 g/mol. The number of piperidine rings is 1. The van der Waals surface area contributed by atoms with E-state index < -0.39 is 10.0 Å². The number of carbonyl (C=O) groups is 1. The lowest BCUT2D eigenvalue weighted by atomic mass is 9.91. The lowest BCUT2D eigenvalue weighted by molar-refractivity contribution is -0.131. The maximum atomic E-state index is 12.1. The monoisotopic (exact) mass is 401 g/mol. The normalized spacial score (nSPS) is 17.6. The van der Waals surface area contributed by atoms with Crippen molar-refractivity contribution >= 4 is 51.3 Å². The Kier molecular flexibility index (Phi) is 7.76. The van der Waals surface area contributed by atoms with Crippen LogP contribution in [0.4, 0.5) is 0 Å². The number of nitrogens with two attached hydrogens (primary N) is 1. The molecule has 0 radical (unpaired) electrons. The molecule has 0 aromatic carbocycles. The molecule has 1 fully saturated rings. The number of sulfonamides is 1. The van der Waals surface area contributed by atoms with Crippen LogP contribution < -0.4 is 10.5 Å². The van der Waals surface area contributed by atoms with Gasteiger partial charge in [-0.15, -0.1) is 23.7 Å². The molecule has 1 aromatic rings. The lowest BCUT2D eigenvalue weighted by Crippen LogP contribution is -2.46. The van der Waals surface area contributed by atoms with E-state index in [2.05, 4.69) is 4.72 Å². The summed E-state index contributed by atoms with van der Waals surface area (Å²) in [7, 11) is -3.68. The first-order valence-electron chi connectivity index (χ1n) is 7.08. The topological polar surface area (TPSA) is 92.5 Å². The second kappa shape index (κ2) is 8.64. The summed E-state index contributed by atoms with van der Waals surface area (Å²) in [6.07, 6.45) is 1.72. The molecule has 10 heteroatoms. The van der Waals surface area contributed by atoms with Crippen molar-refractivity contribution in [1.82, 2.24) is 9.62 Å². The Morgan fingerprint density at radius 3 is 2.57 bits per heavy atom. The molecule has 1 unspecified atom stereocenters. The van der Waals surface area contributed by atoms with Crippen LogP contribution in [0.1, 0.15) is 19.8 Å². The summed E-state index contributed by atoms with van der Waals surface area (Å²) < 4.78 is 26.9. The molecule has 6 nitrogen and oxygen atoms in total. The second-order valence-corrected chi connectivity index (χ2v) is 9.17. The van der Waals surface area contributed by atoms with E-state index in [1.807, 2.05) is 6.92 Å². The van der Waals surface area contributed by atoms with E-state index >= 15 is 0 Å². The molecule has 1 atom stereocenters. The van der Waals surface area contributed by atoms with E-state index in [1.165, 1.54) is 12.1 Å². The molecule has 23 heavy (non-hydrogen) atoms. The SMILES string of the molecule is CC(N)C1CCN(C(=O)CNS(=O)(=O)c2ccc(Cl)s2)CC1.Cl. The van der Waals surface area contributed by atoms with E-state index in [-0.39, 0.29) is 35.1 Å². The minimum absolute atomic E-state index is 0. The number of nitrogens with one attached hydrogen (secondary N) is 1. The fourth-order valence-electron chi connectivity index (χ4n) is 2.46. The zero-order chi connectivity index (χ0) is 16.3.